The summed E-state index contributed by atoms with van der Waals surface area (Å²) >= 11 is 0. The van der Waals surface area contributed by atoms with Gasteiger partial charge in [0.05, 0.1) is 5.52 Å². The summed E-state index contributed by atoms with van der Waals surface area (Å²) in [6.45, 7) is 3.96. The van der Waals surface area contributed by atoms with Crippen molar-refractivity contribution in [1.82, 2.24) is 9.47 Å². The van der Waals surface area contributed by atoms with E-state index in [0.717, 1.165) is 50.2 Å². The van der Waals surface area contributed by atoms with Crippen molar-refractivity contribution >= 4 is 22.6 Å². The molecule has 0 amide bonds. The molecular formula is C18H21N3O3. The number of likely N-dealkylation sites (N-methyl/N-ethyl adjacent to an activating group) is 1. The molecule has 1 saturated carbocycles. The van der Waals surface area contributed by atoms with Crippen molar-refractivity contribution < 1.29 is 9.90 Å². The summed E-state index contributed by atoms with van der Waals surface area (Å²) in [7, 11) is 2.12. The highest BCUT2D eigenvalue weighted by Crippen LogP contribution is 2.37. The van der Waals surface area contributed by atoms with Gasteiger partial charge >= 0.3 is 5.97 Å². The van der Waals surface area contributed by atoms with Crippen LogP contribution in [-0.4, -0.2) is 53.8 Å². The minimum absolute atomic E-state index is 0.137. The topological polar surface area (TPSA) is 65.8 Å². The number of rotatable bonds is 3. The first-order valence-electron chi connectivity index (χ1n) is 8.40. The molecule has 2 fully saturated rings. The number of hydrogen-bond donors (Lipinski definition) is 1. The monoisotopic (exact) mass is 327 g/mol. The normalized spacial score (nSPS) is 19.0. The smallest absolute Gasteiger partial charge is 0.341 e. The lowest BCUT2D eigenvalue weighted by molar-refractivity contribution is 0.0695. The zero-order chi connectivity index (χ0) is 16.8. The van der Waals surface area contributed by atoms with Crippen LogP contribution in [0.2, 0.25) is 0 Å². The second kappa shape index (κ2) is 5.63. The van der Waals surface area contributed by atoms with Crippen LogP contribution in [0, 0.1) is 0 Å². The van der Waals surface area contributed by atoms with Gasteiger partial charge in [-0.1, -0.05) is 0 Å². The number of nitrogens with zero attached hydrogens (tertiary/aromatic N) is 3. The molecule has 4 rings (SSSR count). The number of pyridine rings is 1. The number of piperazine rings is 1. The predicted octanol–water partition coefficient (Wildman–Crippen LogP) is 1.79. The van der Waals surface area contributed by atoms with Crippen molar-refractivity contribution in [3.8, 4) is 0 Å². The third kappa shape index (κ3) is 2.57. The van der Waals surface area contributed by atoms with Gasteiger partial charge in [-0.2, -0.15) is 0 Å². The summed E-state index contributed by atoms with van der Waals surface area (Å²) in [6.07, 6.45) is 3.60. The van der Waals surface area contributed by atoms with Crippen LogP contribution in [0.25, 0.3) is 10.9 Å². The molecule has 24 heavy (non-hydrogen) atoms. The Balaban J connectivity index is 1.84. The van der Waals surface area contributed by atoms with E-state index in [-0.39, 0.29) is 11.0 Å². The highest BCUT2D eigenvalue weighted by atomic mass is 16.4. The van der Waals surface area contributed by atoms with E-state index in [9.17, 15) is 14.7 Å². The Morgan fingerprint density at radius 2 is 1.88 bits per heavy atom. The number of carboxylic acids is 1. The van der Waals surface area contributed by atoms with Crippen molar-refractivity contribution in [2.24, 2.45) is 0 Å². The lowest BCUT2D eigenvalue weighted by atomic mass is 10.1. The number of fused-ring (bicyclic) bond motifs is 1. The first-order chi connectivity index (χ1) is 11.5. The highest BCUT2D eigenvalue weighted by Gasteiger charge is 2.27. The molecule has 2 heterocycles. The van der Waals surface area contributed by atoms with Crippen molar-refractivity contribution in [3.63, 3.8) is 0 Å². The lowest BCUT2D eigenvalue weighted by Crippen LogP contribution is -2.44. The van der Waals surface area contributed by atoms with Gasteiger partial charge in [-0.05, 0) is 38.1 Å². The summed E-state index contributed by atoms with van der Waals surface area (Å²) in [5, 5.41) is 9.81. The Morgan fingerprint density at radius 1 is 1.17 bits per heavy atom. The van der Waals surface area contributed by atoms with Gasteiger partial charge in [0, 0.05) is 49.5 Å². The SMILES string of the molecule is CN1CCN(c2ccc3c(=O)c(C(=O)O)cn(C4CC4)c3c2)CC1. The summed E-state index contributed by atoms with van der Waals surface area (Å²) in [5.41, 5.74) is 1.43. The Labute approximate surface area is 139 Å². The van der Waals surface area contributed by atoms with Gasteiger partial charge in [0.15, 0.2) is 0 Å². The van der Waals surface area contributed by atoms with E-state index < -0.39 is 5.97 Å². The summed E-state index contributed by atoms with van der Waals surface area (Å²) in [5.74, 6) is -1.15. The fourth-order valence-electron chi connectivity index (χ4n) is 3.41. The Hall–Kier alpha value is -2.34. The molecule has 126 valence electrons. The molecule has 1 aliphatic carbocycles. The number of anilines is 1. The molecule has 6 nitrogen and oxygen atoms in total. The first-order valence-corrected chi connectivity index (χ1v) is 8.40. The molecule has 1 aliphatic heterocycles. The van der Waals surface area contributed by atoms with Crippen molar-refractivity contribution in [2.75, 3.05) is 38.1 Å². The Kier molecular flexibility index (Phi) is 3.57. The second-order valence-corrected chi connectivity index (χ2v) is 6.81. The average molecular weight is 327 g/mol. The van der Waals surface area contributed by atoms with Crippen LogP contribution in [0.3, 0.4) is 0 Å². The fraction of sp³-hybridized carbons (Fsp3) is 0.444. The van der Waals surface area contributed by atoms with Crippen LogP contribution >= 0.6 is 0 Å². The molecule has 2 aliphatic rings. The number of carbonyl (C=O) groups is 1. The molecular weight excluding hydrogens is 306 g/mol. The second-order valence-electron chi connectivity index (χ2n) is 6.81. The van der Waals surface area contributed by atoms with Crippen LogP contribution < -0.4 is 10.3 Å². The summed E-state index contributed by atoms with van der Waals surface area (Å²) in [4.78, 5) is 28.5. The van der Waals surface area contributed by atoms with Gasteiger partial charge in [0.2, 0.25) is 5.43 Å². The number of hydrogen-bond acceptors (Lipinski definition) is 4. The van der Waals surface area contributed by atoms with Gasteiger partial charge < -0.3 is 19.5 Å². The first kappa shape index (κ1) is 15.2. The molecule has 1 aromatic carbocycles. The van der Waals surface area contributed by atoms with Gasteiger partial charge in [0.25, 0.3) is 0 Å². The molecule has 2 aromatic rings. The van der Waals surface area contributed by atoms with Crippen molar-refractivity contribution in [3.05, 3.63) is 40.2 Å². The number of benzene rings is 1. The van der Waals surface area contributed by atoms with Crippen LogP contribution in [0.5, 0.6) is 0 Å². The van der Waals surface area contributed by atoms with Crippen LogP contribution in [0.4, 0.5) is 5.69 Å². The molecule has 0 bridgehead atoms. The van der Waals surface area contributed by atoms with Crippen molar-refractivity contribution in [1.29, 1.82) is 0 Å². The minimum Gasteiger partial charge on any atom is -0.477 e. The third-order valence-electron chi connectivity index (χ3n) is 5.06. The highest BCUT2D eigenvalue weighted by molar-refractivity contribution is 5.93. The van der Waals surface area contributed by atoms with Gasteiger partial charge in [-0.25, -0.2) is 4.79 Å². The molecule has 0 atom stereocenters. The maximum atomic E-state index is 12.5. The van der Waals surface area contributed by atoms with Gasteiger partial charge in [0.1, 0.15) is 5.56 Å². The minimum atomic E-state index is -1.15. The van der Waals surface area contributed by atoms with Crippen LogP contribution in [0.1, 0.15) is 29.2 Å². The zero-order valence-electron chi connectivity index (χ0n) is 13.7. The largest absolute Gasteiger partial charge is 0.477 e. The molecule has 0 unspecified atom stereocenters. The summed E-state index contributed by atoms with van der Waals surface area (Å²) < 4.78 is 1.99. The van der Waals surface area contributed by atoms with E-state index in [4.69, 9.17) is 0 Å². The van der Waals surface area contributed by atoms with Gasteiger partial charge in [-0.15, -0.1) is 0 Å². The fourth-order valence-corrected chi connectivity index (χ4v) is 3.41. The number of aromatic nitrogens is 1. The molecule has 0 radical (unpaired) electrons. The zero-order valence-corrected chi connectivity index (χ0v) is 13.7. The standard InChI is InChI=1S/C18H21N3O3/c1-19-6-8-20(9-7-19)13-4-5-14-16(10-13)21(12-2-3-12)11-15(17(14)22)18(23)24/h4-5,10-12H,2-3,6-9H2,1H3,(H,23,24). The van der Waals surface area contributed by atoms with Crippen LogP contribution in [-0.2, 0) is 0 Å². The number of aromatic carboxylic acids is 1. The van der Waals surface area contributed by atoms with Gasteiger partial charge in [-0.3, -0.25) is 4.79 Å². The molecule has 1 aromatic heterocycles. The molecule has 0 spiro atoms. The number of carboxylic acid groups (broad SMARTS) is 1. The molecule has 6 heteroatoms. The van der Waals surface area contributed by atoms with E-state index in [1.165, 1.54) is 6.20 Å². The molecule has 1 saturated heterocycles. The lowest BCUT2D eigenvalue weighted by Gasteiger charge is -2.34. The maximum Gasteiger partial charge on any atom is 0.341 e. The van der Waals surface area contributed by atoms with E-state index in [2.05, 4.69) is 16.8 Å². The van der Waals surface area contributed by atoms with Crippen LogP contribution in [0.15, 0.2) is 29.2 Å². The predicted molar refractivity (Wildman–Crippen MR) is 93.1 cm³/mol. The van der Waals surface area contributed by atoms with E-state index in [1.807, 2.05) is 16.7 Å². The third-order valence-corrected chi connectivity index (χ3v) is 5.06. The van der Waals surface area contributed by atoms with Crippen molar-refractivity contribution in [2.45, 2.75) is 18.9 Å². The molecule has 1 N–H and O–H groups in total. The average Bonchev–Trinajstić information content (AvgIpc) is 3.40. The maximum absolute atomic E-state index is 12.5. The quantitative estimate of drug-likeness (QED) is 0.931. The van der Waals surface area contributed by atoms with E-state index in [1.54, 1.807) is 6.07 Å². The van der Waals surface area contributed by atoms with E-state index >= 15 is 0 Å². The Bertz CT molecular complexity index is 862. The van der Waals surface area contributed by atoms with E-state index in [0.29, 0.717) is 11.4 Å². The summed E-state index contributed by atoms with van der Waals surface area (Å²) in [6, 6.07) is 6.09. The Morgan fingerprint density at radius 3 is 2.50 bits per heavy atom.